The van der Waals surface area contributed by atoms with Gasteiger partial charge >= 0.3 is 0 Å². The predicted molar refractivity (Wildman–Crippen MR) is 58.5 cm³/mol. The summed E-state index contributed by atoms with van der Waals surface area (Å²) in [6.45, 7) is 2.04. The van der Waals surface area contributed by atoms with Crippen molar-refractivity contribution in [1.82, 2.24) is 0 Å². The van der Waals surface area contributed by atoms with Gasteiger partial charge in [0.25, 0.3) is 0 Å². The van der Waals surface area contributed by atoms with E-state index in [2.05, 4.69) is 0 Å². The van der Waals surface area contributed by atoms with Gasteiger partial charge in [-0.05, 0) is 25.7 Å². The summed E-state index contributed by atoms with van der Waals surface area (Å²) >= 11 is 0. The molecule has 0 aromatic carbocycles. The van der Waals surface area contributed by atoms with Crippen LogP contribution in [-0.2, 0) is 9.53 Å². The van der Waals surface area contributed by atoms with Crippen molar-refractivity contribution in [1.29, 1.82) is 0 Å². The van der Waals surface area contributed by atoms with Crippen LogP contribution in [0.15, 0.2) is 0 Å². The van der Waals surface area contributed by atoms with E-state index in [1.54, 1.807) is 0 Å². The Morgan fingerprint density at radius 1 is 1.27 bits per heavy atom. The molecule has 2 fully saturated rings. The van der Waals surface area contributed by atoms with Gasteiger partial charge in [0, 0.05) is 31.1 Å². The lowest BCUT2D eigenvalue weighted by Crippen LogP contribution is -2.41. The summed E-state index contributed by atoms with van der Waals surface area (Å²) in [6, 6.07) is 0. The van der Waals surface area contributed by atoms with Crippen LogP contribution >= 0.6 is 0 Å². The monoisotopic (exact) mass is 211 g/mol. The van der Waals surface area contributed by atoms with Crippen LogP contribution in [0, 0.1) is 11.3 Å². The fraction of sp³-hybridized carbons (Fsp3) is 0.917. The normalized spacial score (nSPS) is 26.7. The van der Waals surface area contributed by atoms with Gasteiger partial charge in [-0.3, -0.25) is 4.79 Å². The van der Waals surface area contributed by atoms with Gasteiger partial charge in [-0.15, -0.1) is 0 Å². The Hall–Kier alpha value is -0.410. The molecule has 0 aromatic heterocycles. The fourth-order valence-electron chi connectivity index (χ4n) is 3.00. The topological polar surface area (TPSA) is 52.3 Å². The number of rotatable bonds is 3. The van der Waals surface area contributed by atoms with Crippen molar-refractivity contribution in [3.63, 3.8) is 0 Å². The van der Waals surface area contributed by atoms with Crippen molar-refractivity contribution >= 4 is 5.78 Å². The van der Waals surface area contributed by atoms with Crippen LogP contribution in [0.2, 0.25) is 0 Å². The maximum Gasteiger partial charge on any atom is 0.143 e. The first-order chi connectivity index (χ1) is 7.28. The summed E-state index contributed by atoms with van der Waals surface area (Å²) in [5.41, 5.74) is 5.66. The highest BCUT2D eigenvalue weighted by Crippen LogP contribution is 2.41. The highest BCUT2D eigenvalue weighted by atomic mass is 16.5. The number of hydrogen-bond donors (Lipinski definition) is 1. The Kier molecular flexibility index (Phi) is 3.42. The molecule has 2 aliphatic rings. The fourth-order valence-corrected chi connectivity index (χ4v) is 3.00. The molecule has 1 saturated carbocycles. The highest BCUT2D eigenvalue weighted by molar-refractivity contribution is 5.87. The van der Waals surface area contributed by atoms with E-state index < -0.39 is 0 Å². The van der Waals surface area contributed by atoms with Gasteiger partial charge in [0.15, 0.2) is 0 Å². The first kappa shape index (κ1) is 11.1. The molecule has 0 aromatic rings. The molecule has 0 spiro atoms. The SMILES string of the molecule is NCC1(C(=O)C2CCOCC2)CCCC1. The van der Waals surface area contributed by atoms with Gasteiger partial charge in [-0.2, -0.15) is 0 Å². The number of carbonyl (C=O) groups excluding carboxylic acids is 1. The van der Waals surface area contributed by atoms with Crippen LogP contribution in [0.25, 0.3) is 0 Å². The second kappa shape index (κ2) is 4.62. The summed E-state index contributed by atoms with van der Waals surface area (Å²) in [5.74, 6) is 0.659. The minimum Gasteiger partial charge on any atom is -0.381 e. The van der Waals surface area contributed by atoms with Crippen molar-refractivity contribution < 1.29 is 9.53 Å². The van der Waals surface area contributed by atoms with Crippen molar-refractivity contribution in [2.24, 2.45) is 17.1 Å². The third-order valence-electron chi connectivity index (χ3n) is 4.07. The Morgan fingerprint density at radius 2 is 1.87 bits per heavy atom. The number of ether oxygens (including phenoxy) is 1. The standard InChI is InChI=1S/C12H21NO2/c13-9-12(5-1-2-6-12)11(14)10-3-7-15-8-4-10/h10H,1-9,13H2. The lowest BCUT2D eigenvalue weighted by molar-refractivity contribution is -0.135. The number of carbonyl (C=O) groups is 1. The van der Waals surface area contributed by atoms with E-state index in [-0.39, 0.29) is 11.3 Å². The van der Waals surface area contributed by atoms with E-state index in [0.29, 0.717) is 12.3 Å². The molecule has 86 valence electrons. The summed E-state index contributed by atoms with van der Waals surface area (Å²) in [6.07, 6.45) is 6.18. The van der Waals surface area contributed by atoms with Gasteiger partial charge in [-0.25, -0.2) is 0 Å². The summed E-state index contributed by atoms with van der Waals surface area (Å²) < 4.78 is 5.30. The van der Waals surface area contributed by atoms with E-state index in [0.717, 1.165) is 38.9 Å². The zero-order valence-electron chi connectivity index (χ0n) is 9.34. The van der Waals surface area contributed by atoms with Crippen molar-refractivity contribution in [3.8, 4) is 0 Å². The molecule has 0 amide bonds. The molecular weight excluding hydrogens is 190 g/mol. The largest absolute Gasteiger partial charge is 0.381 e. The molecule has 1 aliphatic heterocycles. The second-order valence-electron chi connectivity index (χ2n) is 4.94. The Morgan fingerprint density at radius 3 is 2.40 bits per heavy atom. The molecule has 3 nitrogen and oxygen atoms in total. The second-order valence-corrected chi connectivity index (χ2v) is 4.94. The van der Waals surface area contributed by atoms with Crippen LogP contribution < -0.4 is 5.73 Å². The van der Waals surface area contributed by atoms with Crippen LogP contribution in [0.4, 0.5) is 0 Å². The minimum absolute atomic E-state index is 0.165. The lowest BCUT2D eigenvalue weighted by atomic mass is 9.74. The van der Waals surface area contributed by atoms with E-state index in [4.69, 9.17) is 10.5 Å². The Balaban J connectivity index is 2.03. The number of Topliss-reactive ketones (excluding diaryl/α,β-unsaturated/α-hetero) is 1. The smallest absolute Gasteiger partial charge is 0.143 e. The molecule has 2 rings (SSSR count). The number of ketones is 1. The van der Waals surface area contributed by atoms with Crippen molar-refractivity contribution in [2.75, 3.05) is 19.8 Å². The molecule has 1 heterocycles. The van der Waals surface area contributed by atoms with E-state index in [9.17, 15) is 4.79 Å². The first-order valence-electron chi connectivity index (χ1n) is 6.11. The summed E-state index contributed by atoms with van der Waals surface area (Å²) in [5, 5.41) is 0. The Labute approximate surface area is 91.4 Å². The van der Waals surface area contributed by atoms with Crippen LogP contribution in [0.3, 0.4) is 0 Å². The highest BCUT2D eigenvalue weighted by Gasteiger charge is 2.42. The lowest BCUT2D eigenvalue weighted by Gasteiger charge is -2.32. The van der Waals surface area contributed by atoms with Gasteiger partial charge in [0.1, 0.15) is 5.78 Å². The Bertz CT molecular complexity index is 228. The molecular formula is C12H21NO2. The average molecular weight is 211 g/mol. The molecule has 0 bridgehead atoms. The third kappa shape index (κ3) is 2.08. The molecule has 15 heavy (non-hydrogen) atoms. The average Bonchev–Trinajstić information content (AvgIpc) is 2.79. The summed E-state index contributed by atoms with van der Waals surface area (Å²) in [4.78, 5) is 12.4. The molecule has 2 N–H and O–H groups in total. The van der Waals surface area contributed by atoms with Crippen molar-refractivity contribution in [3.05, 3.63) is 0 Å². The van der Waals surface area contributed by atoms with Crippen LogP contribution in [-0.4, -0.2) is 25.5 Å². The van der Waals surface area contributed by atoms with Gasteiger partial charge in [0.05, 0.1) is 0 Å². The predicted octanol–water partition coefficient (Wildman–Crippen LogP) is 1.50. The van der Waals surface area contributed by atoms with Gasteiger partial charge in [-0.1, -0.05) is 12.8 Å². The molecule has 0 radical (unpaired) electrons. The molecule has 1 aliphatic carbocycles. The first-order valence-corrected chi connectivity index (χ1v) is 6.11. The van der Waals surface area contributed by atoms with E-state index in [1.807, 2.05) is 0 Å². The quantitative estimate of drug-likeness (QED) is 0.769. The van der Waals surface area contributed by atoms with Gasteiger partial charge < -0.3 is 10.5 Å². The molecule has 1 saturated heterocycles. The van der Waals surface area contributed by atoms with E-state index >= 15 is 0 Å². The number of hydrogen-bond acceptors (Lipinski definition) is 3. The van der Waals surface area contributed by atoms with Crippen LogP contribution in [0.1, 0.15) is 38.5 Å². The van der Waals surface area contributed by atoms with E-state index in [1.165, 1.54) is 12.8 Å². The van der Waals surface area contributed by atoms with Gasteiger partial charge in [0.2, 0.25) is 0 Å². The zero-order chi connectivity index (χ0) is 10.7. The zero-order valence-corrected chi connectivity index (χ0v) is 9.34. The third-order valence-corrected chi connectivity index (χ3v) is 4.07. The molecule has 0 atom stereocenters. The van der Waals surface area contributed by atoms with Crippen LogP contribution in [0.5, 0.6) is 0 Å². The molecule has 3 heteroatoms. The summed E-state index contributed by atoms with van der Waals surface area (Å²) in [7, 11) is 0. The number of nitrogens with two attached hydrogens (primary N) is 1. The molecule has 0 unspecified atom stereocenters. The maximum atomic E-state index is 12.4. The maximum absolute atomic E-state index is 12.4. The van der Waals surface area contributed by atoms with Crippen molar-refractivity contribution in [2.45, 2.75) is 38.5 Å². The minimum atomic E-state index is -0.165.